The highest BCUT2D eigenvalue weighted by Crippen LogP contribution is 2.26. The number of carbonyl (C=O) groups is 2. The van der Waals surface area contributed by atoms with Crippen LogP contribution in [0.4, 0.5) is 0 Å². The highest BCUT2D eigenvalue weighted by atomic mass is 16.5. The van der Waals surface area contributed by atoms with Gasteiger partial charge < -0.3 is 19.7 Å². The van der Waals surface area contributed by atoms with Crippen LogP contribution in [0.5, 0.6) is 11.5 Å². The second-order valence-electron chi connectivity index (χ2n) is 10.6. The Balaban J connectivity index is 1.67. The van der Waals surface area contributed by atoms with Crippen LogP contribution in [-0.2, 0) is 22.6 Å². The van der Waals surface area contributed by atoms with Crippen molar-refractivity contribution in [3.8, 4) is 11.5 Å². The molecule has 0 aliphatic heterocycles. The van der Waals surface area contributed by atoms with Gasteiger partial charge in [0.1, 0.15) is 17.5 Å². The van der Waals surface area contributed by atoms with E-state index in [0.29, 0.717) is 17.9 Å². The fourth-order valence-corrected chi connectivity index (χ4v) is 4.52. The molecule has 0 radical (unpaired) electrons. The maximum Gasteiger partial charge on any atom is 0.261 e. The zero-order chi connectivity index (χ0) is 27.8. The number of nitrogens with one attached hydrogen (secondary N) is 1. The van der Waals surface area contributed by atoms with E-state index in [-0.39, 0.29) is 25.0 Å². The Labute approximate surface area is 230 Å². The number of benzene rings is 4. The molecule has 4 aromatic carbocycles. The summed E-state index contributed by atoms with van der Waals surface area (Å²) in [4.78, 5) is 29.2. The first-order chi connectivity index (χ1) is 18.7. The fourth-order valence-electron chi connectivity index (χ4n) is 4.52. The van der Waals surface area contributed by atoms with E-state index in [1.807, 2.05) is 118 Å². The first-order valence-corrected chi connectivity index (χ1v) is 13.1. The van der Waals surface area contributed by atoms with E-state index >= 15 is 0 Å². The van der Waals surface area contributed by atoms with Gasteiger partial charge in [-0.25, -0.2) is 0 Å². The van der Waals surface area contributed by atoms with Gasteiger partial charge in [0.15, 0.2) is 6.61 Å². The average molecular weight is 525 g/mol. The standard InChI is InChI=1S/C33H36N2O4/c1-33(2,3)34-32(37)29(21-24-12-6-5-7-13-24)35(22-25-14-10-17-27(20-25)38-4)31(36)23-39-30-19-11-16-26-15-8-9-18-28(26)30/h5-20,29H,21-23H2,1-4H3,(H,34,37)/t29-/m0/s1. The molecule has 2 amide bonds. The molecule has 0 saturated heterocycles. The largest absolute Gasteiger partial charge is 0.497 e. The summed E-state index contributed by atoms with van der Waals surface area (Å²) < 4.78 is 11.5. The van der Waals surface area contributed by atoms with Gasteiger partial charge >= 0.3 is 0 Å². The molecule has 0 heterocycles. The highest BCUT2D eigenvalue weighted by Gasteiger charge is 2.32. The Morgan fingerprint density at radius 1 is 0.846 bits per heavy atom. The molecular formula is C33H36N2O4. The van der Waals surface area contributed by atoms with E-state index in [2.05, 4.69) is 5.32 Å². The summed E-state index contributed by atoms with van der Waals surface area (Å²) in [5, 5.41) is 5.04. The summed E-state index contributed by atoms with van der Waals surface area (Å²) in [6, 6.07) is 30.2. The third kappa shape index (κ3) is 7.60. The topological polar surface area (TPSA) is 67.9 Å². The van der Waals surface area contributed by atoms with Crippen LogP contribution >= 0.6 is 0 Å². The van der Waals surface area contributed by atoms with Gasteiger partial charge in [0.05, 0.1) is 7.11 Å². The van der Waals surface area contributed by atoms with E-state index in [1.165, 1.54) is 0 Å². The van der Waals surface area contributed by atoms with Crippen molar-refractivity contribution in [2.45, 2.75) is 45.3 Å². The second-order valence-corrected chi connectivity index (χ2v) is 10.6. The number of rotatable bonds is 10. The van der Waals surface area contributed by atoms with Crippen molar-refractivity contribution in [1.82, 2.24) is 10.2 Å². The Hall–Kier alpha value is -4.32. The third-order valence-electron chi connectivity index (χ3n) is 6.36. The van der Waals surface area contributed by atoms with Crippen molar-refractivity contribution in [2.24, 2.45) is 0 Å². The lowest BCUT2D eigenvalue weighted by Gasteiger charge is -2.33. The van der Waals surface area contributed by atoms with Gasteiger partial charge in [-0.15, -0.1) is 0 Å². The van der Waals surface area contributed by atoms with Gasteiger partial charge in [0.25, 0.3) is 5.91 Å². The minimum Gasteiger partial charge on any atom is -0.497 e. The van der Waals surface area contributed by atoms with E-state index in [9.17, 15) is 9.59 Å². The summed E-state index contributed by atoms with van der Waals surface area (Å²) in [5.41, 5.74) is 1.36. The molecule has 0 aliphatic rings. The molecule has 0 aliphatic carbocycles. The molecule has 0 spiro atoms. The van der Waals surface area contributed by atoms with Crippen molar-refractivity contribution in [1.29, 1.82) is 0 Å². The molecule has 0 bridgehead atoms. The van der Waals surface area contributed by atoms with Crippen molar-refractivity contribution in [3.05, 3.63) is 108 Å². The fraction of sp³-hybridized carbons (Fsp3) is 0.273. The highest BCUT2D eigenvalue weighted by molar-refractivity contribution is 5.90. The SMILES string of the molecule is COc1cccc(CN(C(=O)COc2cccc3ccccc23)[C@@H](Cc2ccccc2)C(=O)NC(C)(C)C)c1. The molecule has 0 fully saturated rings. The summed E-state index contributed by atoms with van der Waals surface area (Å²) in [6.07, 6.45) is 0.368. The van der Waals surface area contributed by atoms with Crippen LogP contribution in [0.1, 0.15) is 31.9 Å². The molecule has 202 valence electrons. The Kier molecular flexibility index (Phi) is 8.87. The maximum atomic E-state index is 13.9. The maximum absolute atomic E-state index is 13.9. The van der Waals surface area contributed by atoms with Crippen molar-refractivity contribution in [2.75, 3.05) is 13.7 Å². The van der Waals surface area contributed by atoms with Crippen LogP contribution in [-0.4, -0.2) is 42.0 Å². The van der Waals surface area contributed by atoms with Crippen molar-refractivity contribution in [3.63, 3.8) is 0 Å². The first kappa shape index (κ1) is 27.7. The van der Waals surface area contributed by atoms with Gasteiger partial charge in [0.2, 0.25) is 5.91 Å². The molecule has 0 unspecified atom stereocenters. The number of carbonyl (C=O) groups excluding carboxylic acids is 2. The summed E-state index contributed by atoms with van der Waals surface area (Å²) in [7, 11) is 1.61. The first-order valence-electron chi connectivity index (χ1n) is 13.1. The summed E-state index contributed by atoms with van der Waals surface area (Å²) >= 11 is 0. The van der Waals surface area contributed by atoms with Gasteiger partial charge in [-0.05, 0) is 55.5 Å². The molecule has 0 aromatic heterocycles. The van der Waals surface area contributed by atoms with Gasteiger partial charge in [0, 0.05) is 23.9 Å². The predicted octanol–water partition coefficient (Wildman–Crippen LogP) is 5.78. The number of amides is 2. The van der Waals surface area contributed by atoms with Crippen LogP contribution in [0.3, 0.4) is 0 Å². The molecule has 0 saturated carbocycles. The van der Waals surface area contributed by atoms with Crippen LogP contribution < -0.4 is 14.8 Å². The van der Waals surface area contributed by atoms with Gasteiger partial charge in [-0.1, -0.05) is 78.9 Å². The van der Waals surface area contributed by atoms with E-state index in [0.717, 1.165) is 21.9 Å². The van der Waals surface area contributed by atoms with Crippen LogP contribution in [0.2, 0.25) is 0 Å². The minimum absolute atomic E-state index is 0.202. The molecule has 1 atom stereocenters. The number of hydrogen-bond acceptors (Lipinski definition) is 4. The lowest BCUT2D eigenvalue weighted by Crippen LogP contribution is -2.55. The number of ether oxygens (including phenoxy) is 2. The van der Waals surface area contributed by atoms with E-state index in [4.69, 9.17) is 9.47 Å². The molecule has 6 nitrogen and oxygen atoms in total. The average Bonchev–Trinajstić information content (AvgIpc) is 2.93. The Bertz CT molecular complexity index is 1410. The zero-order valence-corrected chi connectivity index (χ0v) is 23.0. The zero-order valence-electron chi connectivity index (χ0n) is 23.0. The monoisotopic (exact) mass is 524 g/mol. The van der Waals surface area contributed by atoms with Gasteiger partial charge in [-0.2, -0.15) is 0 Å². The quantitative estimate of drug-likeness (QED) is 0.286. The number of fused-ring (bicyclic) bond motifs is 1. The van der Waals surface area contributed by atoms with Gasteiger partial charge in [-0.3, -0.25) is 9.59 Å². The predicted molar refractivity (Wildman–Crippen MR) is 155 cm³/mol. The Morgan fingerprint density at radius 3 is 2.26 bits per heavy atom. The molecule has 1 N–H and O–H groups in total. The normalized spacial score (nSPS) is 12.0. The molecule has 4 rings (SSSR count). The summed E-state index contributed by atoms with van der Waals surface area (Å²) in [6.45, 7) is 5.82. The van der Waals surface area contributed by atoms with Crippen LogP contribution in [0, 0.1) is 0 Å². The minimum atomic E-state index is -0.749. The summed E-state index contributed by atoms with van der Waals surface area (Å²) in [5.74, 6) is 0.815. The van der Waals surface area contributed by atoms with E-state index < -0.39 is 11.6 Å². The third-order valence-corrected chi connectivity index (χ3v) is 6.36. The van der Waals surface area contributed by atoms with Crippen LogP contribution in [0.25, 0.3) is 10.8 Å². The van der Waals surface area contributed by atoms with Crippen LogP contribution in [0.15, 0.2) is 97.1 Å². The van der Waals surface area contributed by atoms with Crippen molar-refractivity contribution >= 4 is 22.6 Å². The number of hydrogen-bond donors (Lipinski definition) is 1. The molecule has 39 heavy (non-hydrogen) atoms. The Morgan fingerprint density at radius 2 is 1.51 bits per heavy atom. The molecule has 6 heteroatoms. The molecule has 4 aromatic rings. The smallest absolute Gasteiger partial charge is 0.261 e. The second kappa shape index (κ2) is 12.5. The number of nitrogens with zero attached hydrogens (tertiary/aromatic N) is 1. The molecular weight excluding hydrogens is 488 g/mol. The number of methoxy groups -OCH3 is 1. The van der Waals surface area contributed by atoms with Crippen molar-refractivity contribution < 1.29 is 19.1 Å². The lowest BCUT2D eigenvalue weighted by molar-refractivity contribution is -0.143. The van der Waals surface area contributed by atoms with E-state index in [1.54, 1.807) is 12.0 Å². The lowest BCUT2D eigenvalue weighted by atomic mass is 10.0.